The SMILES string of the molecule is C=C(C)C(=O)OC.C=CC(=O)OCCCC.OCCO. The van der Waals surface area contributed by atoms with Crippen LogP contribution in [0.2, 0.25) is 0 Å². The van der Waals surface area contributed by atoms with Crippen molar-refractivity contribution in [3.8, 4) is 0 Å². The van der Waals surface area contributed by atoms with Gasteiger partial charge in [0.1, 0.15) is 0 Å². The van der Waals surface area contributed by atoms with Crippen LogP contribution < -0.4 is 0 Å². The molecule has 0 bridgehead atoms. The van der Waals surface area contributed by atoms with Gasteiger partial charge < -0.3 is 19.7 Å². The zero-order chi connectivity index (χ0) is 16.4. The van der Waals surface area contributed by atoms with Gasteiger partial charge in [-0.1, -0.05) is 26.5 Å². The molecule has 0 fully saturated rings. The fraction of sp³-hybridized carbons (Fsp3) is 0.571. The van der Waals surface area contributed by atoms with E-state index in [1.54, 1.807) is 6.92 Å². The number of aliphatic hydroxyl groups excluding tert-OH is 2. The number of methoxy groups -OCH3 is 1. The minimum Gasteiger partial charge on any atom is -0.466 e. The van der Waals surface area contributed by atoms with E-state index in [-0.39, 0.29) is 25.2 Å². The topological polar surface area (TPSA) is 93.1 Å². The Kier molecular flexibility index (Phi) is 23.1. The monoisotopic (exact) mass is 290 g/mol. The number of hydrogen-bond donors (Lipinski definition) is 2. The van der Waals surface area contributed by atoms with Crippen molar-refractivity contribution in [2.24, 2.45) is 0 Å². The van der Waals surface area contributed by atoms with Crippen LogP contribution in [0.4, 0.5) is 0 Å². The Hall–Kier alpha value is -1.66. The summed E-state index contributed by atoms with van der Waals surface area (Å²) in [5.41, 5.74) is 0.433. The van der Waals surface area contributed by atoms with Gasteiger partial charge in [-0.2, -0.15) is 0 Å². The van der Waals surface area contributed by atoms with E-state index in [4.69, 9.17) is 10.2 Å². The number of carbonyl (C=O) groups excluding carboxylic acids is 2. The molecule has 0 spiro atoms. The highest BCUT2D eigenvalue weighted by Crippen LogP contribution is 1.88. The van der Waals surface area contributed by atoms with Crippen molar-refractivity contribution < 1.29 is 29.3 Å². The molecule has 0 amide bonds. The van der Waals surface area contributed by atoms with Crippen molar-refractivity contribution >= 4 is 11.9 Å². The maximum absolute atomic E-state index is 10.3. The first kappa shape index (κ1) is 23.4. The van der Waals surface area contributed by atoms with E-state index in [0.29, 0.717) is 12.2 Å². The van der Waals surface area contributed by atoms with Gasteiger partial charge in [0.05, 0.1) is 26.9 Å². The standard InChI is InChI=1S/C7H12O2.C5H8O2.C2H6O2/c1-3-5-6-9-7(8)4-2;1-4(2)5(6)7-3;3-1-2-4/h4H,2-3,5-6H2,1H3;1H2,2-3H3;3-4H,1-2H2. The van der Waals surface area contributed by atoms with Crippen LogP contribution in [0.15, 0.2) is 24.8 Å². The number of hydrogen-bond acceptors (Lipinski definition) is 6. The van der Waals surface area contributed by atoms with Gasteiger partial charge in [0.15, 0.2) is 0 Å². The summed E-state index contributed by atoms with van der Waals surface area (Å²) in [4.78, 5) is 20.5. The highest BCUT2D eigenvalue weighted by molar-refractivity contribution is 5.86. The van der Waals surface area contributed by atoms with Crippen molar-refractivity contribution in [3.63, 3.8) is 0 Å². The van der Waals surface area contributed by atoms with Gasteiger partial charge in [-0.15, -0.1) is 0 Å². The molecule has 0 aromatic heterocycles. The van der Waals surface area contributed by atoms with E-state index in [0.717, 1.165) is 12.8 Å². The molecule has 0 atom stereocenters. The van der Waals surface area contributed by atoms with Crippen molar-refractivity contribution in [1.29, 1.82) is 0 Å². The highest BCUT2D eigenvalue weighted by Gasteiger charge is 1.95. The predicted octanol–water partition coefficient (Wildman–Crippen LogP) is 1.22. The largest absolute Gasteiger partial charge is 0.466 e. The van der Waals surface area contributed by atoms with Crippen LogP contribution >= 0.6 is 0 Å². The maximum Gasteiger partial charge on any atom is 0.332 e. The van der Waals surface area contributed by atoms with Crippen LogP contribution in [0.25, 0.3) is 0 Å². The molecule has 0 saturated heterocycles. The van der Waals surface area contributed by atoms with E-state index in [9.17, 15) is 9.59 Å². The first-order valence-corrected chi connectivity index (χ1v) is 6.15. The van der Waals surface area contributed by atoms with Crippen LogP contribution in [0.1, 0.15) is 26.7 Å². The van der Waals surface area contributed by atoms with E-state index in [1.165, 1.54) is 13.2 Å². The van der Waals surface area contributed by atoms with Crippen LogP contribution in [0, 0.1) is 0 Å². The van der Waals surface area contributed by atoms with Crippen molar-refractivity contribution in [2.75, 3.05) is 26.9 Å². The smallest absolute Gasteiger partial charge is 0.332 e. The molecule has 0 heterocycles. The Morgan fingerprint density at radius 2 is 1.75 bits per heavy atom. The van der Waals surface area contributed by atoms with E-state index < -0.39 is 0 Å². The zero-order valence-corrected chi connectivity index (χ0v) is 12.6. The maximum atomic E-state index is 10.3. The summed E-state index contributed by atoms with van der Waals surface area (Å²) in [6, 6.07) is 0. The van der Waals surface area contributed by atoms with Gasteiger partial charge in [-0.3, -0.25) is 0 Å². The van der Waals surface area contributed by atoms with Crippen LogP contribution in [0.5, 0.6) is 0 Å². The van der Waals surface area contributed by atoms with E-state index in [2.05, 4.69) is 22.6 Å². The summed E-state index contributed by atoms with van der Waals surface area (Å²) >= 11 is 0. The van der Waals surface area contributed by atoms with E-state index in [1.807, 2.05) is 6.92 Å². The molecule has 0 aliphatic carbocycles. The van der Waals surface area contributed by atoms with Gasteiger partial charge in [-0.25, -0.2) is 9.59 Å². The lowest BCUT2D eigenvalue weighted by Gasteiger charge is -1.97. The van der Waals surface area contributed by atoms with Crippen LogP contribution in [0.3, 0.4) is 0 Å². The Morgan fingerprint density at radius 1 is 1.25 bits per heavy atom. The lowest BCUT2D eigenvalue weighted by molar-refractivity contribution is -0.138. The summed E-state index contributed by atoms with van der Waals surface area (Å²) in [5, 5.41) is 15.2. The van der Waals surface area contributed by atoms with Gasteiger partial charge in [-0.05, 0) is 13.3 Å². The third-order valence-corrected chi connectivity index (χ3v) is 1.54. The molecule has 2 N–H and O–H groups in total. The van der Waals surface area contributed by atoms with Gasteiger partial charge >= 0.3 is 11.9 Å². The Balaban J connectivity index is -0.000000234. The molecule has 0 aliphatic heterocycles. The van der Waals surface area contributed by atoms with E-state index >= 15 is 0 Å². The third kappa shape index (κ3) is 25.3. The minimum atomic E-state index is -0.347. The normalized spacial score (nSPS) is 8.05. The van der Waals surface area contributed by atoms with Crippen molar-refractivity contribution in [2.45, 2.75) is 26.7 Å². The number of aliphatic hydroxyl groups is 2. The zero-order valence-electron chi connectivity index (χ0n) is 12.6. The molecule has 6 heteroatoms. The Bertz CT molecular complexity index is 271. The molecule has 0 aromatic rings. The van der Waals surface area contributed by atoms with Gasteiger partial charge in [0, 0.05) is 11.6 Å². The lowest BCUT2D eigenvalue weighted by atomic mass is 10.4. The number of rotatable bonds is 6. The number of esters is 2. The summed E-state index contributed by atoms with van der Waals surface area (Å²) in [6.45, 7) is 10.5. The fourth-order valence-corrected chi connectivity index (χ4v) is 0.550. The molecule has 118 valence electrons. The molecule has 0 rings (SSSR count). The van der Waals surface area contributed by atoms with Crippen molar-refractivity contribution in [1.82, 2.24) is 0 Å². The second-order valence-electron chi connectivity index (χ2n) is 3.44. The summed E-state index contributed by atoms with van der Waals surface area (Å²) in [5.74, 6) is -0.677. The van der Waals surface area contributed by atoms with Crippen LogP contribution in [-0.2, 0) is 19.1 Å². The van der Waals surface area contributed by atoms with Crippen LogP contribution in [-0.4, -0.2) is 49.1 Å². The van der Waals surface area contributed by atoms with Gasteiger partial charge in [0.2, 0.25) is 0 Å². The second kappa shape index (κ2) is 19.7. The van der Waals surface area contributed by atoms with Gasteiger partial charge in [0.25, 0.3) is 0 Å². The summed E-state index contributed by atoms with van der Waals surface area (Å²) < 4.78 is 8.95. The second-order valence-corrected chi connectivity index (χ2v) is 3.44. The summed E-state index contributed by atoms with van der Waals surface area (Å²) in [6.07, 6.45) is 3.15. The number of unbranched alkanes of at least 4 members (excludes halogenated alkanes) is 1. The molecule has 6 nitrogen and oxygen atoms in total. The van der Waals surface area contributed by atoms with Crippen molar-refractivity contribution in [3.05, 3.63) is 24.8 Å². The lowest BCUT2D eigenvalue weighted by Crippen LogP contribution is -2.00. The molecule has 0 unspecified atom stereocenters. The average Bonchev–Trinajstić information content (AvgIpc) is 2.47. The quantitative estimate of drug-likeness (QED) is 0.434. The highest BCUT2D eigenvalue weighted by atomic mass is 16.5. The average molecular weight is 290 g/mol. The molecular weight excluding hydrogens is 264 g/mol. The first-order chi connectivity index (χ1) is 9.40. The molecule has 0 aromatic carbocycles. The third-order valence-electron chi connectivity index (χ3n) is 1.54. The number of ether oxygens (including phenoxy) is 2. The molecule has 20 heavy (non-hydrogen) atoms. The minimum absolute atomic E-state index is 0.125. The number of carbonyl (C=O) groups is 2. The molecule has 0 radical (unpaired) electrons. The molecule has 0 saturated carbocycles. The molecule has 0 aliphatic rings. The summed E-state index contributed by atoms with van der Waals surface area (Å²) in [7, 11) is 1.33. The molecular formula is C14H26O6. The predicted molar refractivity (Wildman–Crippen MR) is 77.1 cm³/mol. The Labute approximate surface area is 120 Å². The first-order valence-electron chi connectivity index (χ1n) is 6.15. The fourth-order valence-electron chi connectivity index (χ4n) is 0.550. The Morgan fingerprint density at radius 3 is 1.95 bits per heavy atom.